The molecule has 0 aromatic heterocycles. The van der Waals surface area contributed by atoms with Crippen molar-refractivity contribution >= 4 is 29.9 Å². The van der Waals surface area contributed by atoms with E-state index in [1.807, 2.05) is 25.1 Å². The van der Waals surface area contributed by atoms with Crippen molar-refractivity contribution in [2.75, 3.05) is 13.7 Å². The van der Waals surface area contributed by atoms with E-state index in [2.05, 4.69) is 27.8 Å². The second-order valence-electron chi connectivity index (χ2n) is 5.77. The third kappa shape index (κ3) is 6.92. The Morgan fingerprint density at radius 3 is 2.42 bits per heavy atom. The van der Waals surface area contributed by atoms with E-state index < -0.39 is 0 Å². The lowest BCUT2D eigenvalue weighted by atomic mass is 10.1. The van der Waals surface area contributed by atoms with Gasteiger partial charge in [0.15, 0.2) is 5.96 Å². The van der Waals surface area contributed by atoms with Crippen LogP contribution in [-0.4, -0.2) is 19.6 Å². The van der Waals surface area contributed by atoms with Crippen LogP contribution in [0.4, 0.5) is 4.39 Å². The van der Waals surface area contributed by atoms with Crippen molar-refractivity contribution in [3.05, 3.63) is 70.5 Å². The smallest absolute Gasteiger partial charge is 0.191 e. The summed E-state index contributed by atoms with van der Waals surface area (Å²) >= 11 is 0. The van der Waals surface area contributed by atoms with Crippen molar-refractivity contribution in [1.29, 1.82) is 0 Å². The Balaban J connectivity index is 0.00000338. The molecule has 0 heterocycles. The molecule has 0 bridgehead atoms. The summed E-state index contributed by atoms with van der Waals surface area (Å²) in [6.45, 7) is 6.19. The number of aliphatic imine (C=N–C) groups is 1. The van der Waals surface area contributed by atoms with Crippen molar-refractivity contribution in [3.63, 3.8) is 0 Å². The van der Waals surface area contributed by atoms with E-state index in [9.17, 15) is 4.39 Å². The molecule has 0 aliphatic heterocycles. The minimum atomic E-state index is -0.188. The van der Waals surface area contributed by atoms with Gasteiger partial charge in [-0.3, -0.25) is 4.99 Å². The fourth-order valence-electron chi connectivity index (χ4n) is 2.41. The molecule has 6 heteroatoms. The van der Waals surface area contributed by atoms with Gasteiger partial charge < -0.3 is 15.4 Å². The van der Waals surface area contributed by atoms with Gasteiger partial charge in [0, 0.05) is 26.7 Å². The fourth-order valence-corrected chi connectivity index (χ4v) is 2.41. The lowest BCUT2D eigenvalue weighted by Crippen LogP contribution is -2.36. The number of rotatable bonds is 7. The molecule has 0 fully saturated rings. The van der Waals surface area contributed by atoms with Crippen LogP contribution in [0.1, 0.15) is 29.2 Å². The molecule has 0 unspecified atom stereocenters. The first kappa shape index (κ1) is 22.4. The molecule has 0 atom stereocenters. The summed E-state index contributed by atoms with van der Waals surface area (Å²) in [5.74, 6) is 0.485. The van der Waals surface area contributed by atoms with Crippen molar-refractivity contribution in [3.8, 4) is 0 Å². The summed E-state index contributed by atoms with van der Waals surface area (Å²) in [6.07, 6.45) is 0. The van der Waals surface area contributed by atoms with E-state index in [-0.39, 0.29) is 29.8 Å². The van der Waals surface area contributed by atoms with Crippen LogP contribution in [-0.2, 0) is 24.4 Å². The van der Waals surface area contributed by atoms with Gasteiger partial charge in [0.25, 0.3) is 0 Å². The van der Waals surface area contributed by atoms with E-state index in [0.717, 1.165) is 11.1 Å². The zero-order chi connectivity index (χ0) is 18.1. The zero-order valence-electron chi connectivity index (χ0n) is 15.5. The Kier molecular flexibility index (Phi) is 10.2. The minimum Gasteiger partial charge on any atom is -0.377 e. The van der Waals surface area contributed by atoms with E-state index in [4.69, 9.17) is 4.74 Å². The molecule has 0 saturated carbocycles. The highest BCUT2D eigenvalue weighted by Gasteiger charge is 2.05. The van der Waals surface area contributed by atoms with Crippen LogP contribution in [0, 0.1) is 12.7 Å². The highest BCUT2D eigenvalue weighted by Crippen LogP contribution is 2.10. The largest absolute Gasteiger partial charge is 0.377 e. The molecule has 142 valence electrons. The van der Waals surface area contributed by atoms with Crippen LogP contribution in [0.25, 0.3) is 0 Å². The Morgan fingerprint density at radius 2 is 1.77 bits per heavy atom. The second kappa shape index (κ2) is 11.9. The first-order valence-electron chi connectivity index (χ1n) is 8.48. The summed E-state index contributed by atoms with van der Waals surface area (Å²) in [5, 5.41) is 6.49. The molecule has 4 nitrogen and oxygen atoms in total. The molecule has 2 aromatic rings. The average molecular weight is 471 g/mol. The predicted molar refractivity (Wildman–Crippen MR) is 115 cm³/mol. The number of halogens is 2. The van der Waals surface area contributed by atoms with Crippen molar-refractivity contribution in [2.45, 2.75) is 33.5 Å². The Morgan fingerprint density at radius 1 is 1.08 bits per heavy atom. The standard InChI is InChI=1S/C20H26FN3O.HI/c1-4-25-14-18-8-6-5-7-17(18)13-24-20(22-3)23-12-16-10-9-15(2)19(21)11-16;/h5-11H,4,12-14H2,1-3H3,(H2,22,23,24);1H. The molecule has 0 aliphatic rings. The first-order chi connectivity index (χ1) is 12.1. The van der Waals surface area contributed by atoms with Gasteiger partial charge in [-0.15, -0.1) is 24.0 Å². The van der Waals surface area contributed by atoms with Gasteiger partial charge in [-0.1, -0.05) is 36.4 Å². The highest BCUT2D eigenvalue weighted by atomic mass is 127. The third-order valence-electron chi connectivity index (χ3n) is 3.95. The topological polar surface area (TPSA) is 45.6 Å². The van der Waals surface area contributed by atoms with Gasteiger partial charge in [-0.05, 0) is 42.2 Å². The number of guanidine groups is 1. The van der Waals surface area contributed by atoms with Gasteiger partial charge >= 0.3 is 0 Å². The van der Waals surface area contributed by atoms with Crippen molar-refractivity contribution < 1.29 is 9.13 Å². The molecule has 26 heavy (non-hydrogen) atoms. The molecule has 2 rings (SSSR count). The molecule has 2 N–H and O–H groups in total. The lowest BCUT2D eigenvalue weighted by molar-refractivity contribution is 0.133. The monoisotopic (exact) mass is 471 g/mol. The number of nitrogens with zero attached hydrogens (tertiary/aromatic N) is 1. The number of benzene rings is 2. The summed E-state index contributed by atoms with van der Waals surface area (Å²) in [7, 11) is 1.72. The molecule has 0 aliphatic carbocycles. The SMILES string of the molecule is CCOCc1ccccc1CNC(=NC)NCc1ccc(C)c(F)c1.I. The van der Waals surface area contributed by atoms with Crippen molar-refractivity contribution in [2.24, 2.45) is 4.99 Å². The van der Waals surface area contributed by atoms with E-state index >= 15 is 0 Å². The van der Waals surface area contributed by atoms with Crippen molar-refractivity contribution in [1.82, 2.24) is 10.6 Å². The number of hydrogen-bond acceptors (Lipinski definition) is 2. The van der Waals surface area contributed by atoms with Gasteiger partial charge in [0.2, 0.25) is 0 Å². The van der Waals surface area contributed by atoms with E-state index in [1.165, 1.54) is 5.56 Å². The number of nitrogens with one attached hydrogen (secondary N) is 2. The van der Waals surface area contributed by atoms with Crippen LogP contribution >= 0.6 is 24.0 Å². The number of ether oxygens (including phenoxy) is 1. The molecular weight excluding hydrogens is 444 g/mol. The molecule has 0 amide bonds. The second-order valence-corrected chi connectivity index (χ2v) is 5.77. The third-order valence-corrected chi connectivity index (χ3v) is 3.95. The summed E-state index contributed by atoms with van der Waals surface area (Å²) in [5.41, 5.74) is 3.85. The van der Waals surface area contributed by atoms with Crippen LogP contribution < -0.4 is 10.6 Å². The van der Waals surface area contributed by atoms with Crippen LogP contribution in [0.5, 0.6) is 0 Å². The van der Waals surface area contributed by atoms with Gasteiger partial charge in [0.05, 0.1) is 6.61 Å². The zero-order valence-corrected chi connectivity index (χ0v) is 17.8. The van der Waals surface area contributed by atoms with E-state index in [1.54, 1.807) is 26.1 Å². The first-order valence-corrected chi connectivity index (χ1v) is 8.48. The van der Waals surface area contributed by atoms with E-state index in [0.29, 0.717) is 37.8 Å². The van der Waals surface area contributed by atoms with Crippen LogP contribution in [0.3, 0.4) is 0 Å². The Hall–Kier alpha value is -1.67. The van der Waals surface area contributed by atoms with Crippen LogP contribution in [0.2, 0.25) is 0 Å². The Bertz CT molecular complexity index is 722. The maximum atomic E-state index is 13.6. The normalized spacial score (nSPS) is 11.0. The quantitative estimate of drug-likeness (QED) is 0.362. The summed E-state index contributed by atoms with van der Waals surface area (Å²) < 4.78 is 19.1. The molecule has 0 saturated heterocycles. The number of aryl methyl sites for hydroxylation is 1. The molecule has 2 aromatic carbocycles. The van der Waals surface area contributed by atoms with Gasteiger partial charge in [0.1, 0.15) is 5.82 Å². The predicted octanol–water partition coefficient (Wildman–Crippen LogP) is 4.15. The Labute approximate surface area is 172 Å². The molecule has 0 radical (unpaired) electrons. The summed E-state index contributed by atoms with van der Waals surface area (Å²) in [4.78, 5) is 4.22. The summed E-state index contributed by atoms with van der Waals surface area (Å²) in [6, 6.07) is 13.4. The maximum Gasteiger partial charge on any atom is 0.191 e. The maximum absolute atomic E-state index is 13.6. The van der Waals surface area contributed by atoms with Gasteiger partial charge in [-0.2, -0.15) is 0 Å². The fraction of sp³-hybridized carbons (Fsp3) is 0.350. The lowest BCUT2D eigenvalue weighted by Gasteiger charge is -2.14. The van der Waals surface area contributed by atoms with Gasteiger partial charge in [-0.25, -0.2) is 4.39 Å². The highest BCUT2D eigenvalue weighted by molar-refractivity contribution is 14.0. The number of hydrogen-bond donors (Lipinski definition) is 2. The minimum absolute atomic E-state index is 0. The average Bonchev–Trinajstić information content (AvgIpc) is 2.63. The molecule has 0 spiro atoms. The molecular formula is C20H27FIN3O. The van der Waals surface area contributed by atoms with Crippen LogP contribution in [0.15, 0.2) is 47.5 Å².